The summed E-state index contributed by atoms with van der Waals surface area (Å²) in [5.74, 6) is 2.03. The van der Waals surface area contributed by atoms with E-state index in [1.165, 1.54) is 24.7 Å². The molecule has 1 aromatic carbocycles. The molecule has 160 valence electrons. The third-order valence-corrected chi connectivity index (χ3v) is 6.45. The van der Waals surface area contributed by atoms with Crippen LogP contribution >= 0.6 is 0 Å². The van der Waals surface area contributed by atoms with E-state index >= 15 is 0 Å². The van der Waals surface area contributed by atoms with Crippen LogP contribution in [-0.2, 0) is 0 Å². The van der Waals surface area contributed by atoms with E-state index in [4.69, 9.17) is 9.47 Å². The van der Waals surface area contributed by atoms with Gasteiger partial charge in [0.1, 0.15) is 18.2 Å². The van der Waals surface area contributed by atoms with Gasteiger partial charge in [-0.25, -0.2) is 19.3 Å². The lowest BCUT2D eigenvalue weighted by Crippen LogP contribution is -2.36. The molecule has 0 bridgehead atoms. The standard InChI is InChI=1S/C23H23FN4O3/c1-12(28-22(29)13-3-6-20(30-2)25-10-13)21-17-8-15(9-18(17)21)31-23-16-5-4-14(24)7-19(16)26-11-27-23/h3-7,10-12,15,17-18,21H,8-9H2,1-2H3,(H,28,29)/t12?,15-,17-,18+,21+. The lowest BCUT2D eigenvalue weighted by Gasteiger charge is -2.20. The number of nitrogens with zero attached hydrogens (tertiary/aromatic N) is 3. The Morgan fingerprint density at radius 2 is 1.97 bits per heavy atom. The summed E-state index contributed by atoms with van der Waals surface area (Å²) in [6.07, 6.45) is 4.85. The first-order valence-corrected chi connectivity index (χ1v) is 10.4. The zero-order valence-corrected chi connectivity index (χ0v) is 17.3. The fourth-order valence-corrected chi connectivity index (χ4v) is 4.96. The number of methoxy groups -OCH3 is 1. The average Bonchev–Trinajstić information content (AvgIpc) is 3.29. The second-order valence-electron chi connectivity index (χ2n) is 8.31. The number of ether oxygens (including phenoxy) is 2. The number of carbonyl (C=O) groups is 1. The minimum absolute atomic E-state index is 0.0723. The van der Waals surface area contributed by atoms with E-state index < -0.39 is 0 Å². The number of carbonyl (C=O) groups excluding carboxylic acids is 1. The molecule has 31 heavy (non-hydrogen) atoms. The number of halogens is 1. The van der Waals surface area contributed by atoms with Crippen LogP contribution in [-0.4, -0.2) is 40.1 Å². The molecule has 1 amide bonds. The van der Waals surface area contributed by atoms with Crippen LogP contribution in [0.15, 0.2) is 42.9 Å². The van der Waals surface area contributed by atoms with Gasteiger partial charge >= 0.3 is 0 Å². The fourth-order valence-electron chi connectivity index (χ4n) is 4.96. The summed E-state index contributed by atoms with van der Waals surface area (Å²) in [5.41, 5.74) is 1.06. The Morgan fingerprint density at radius 3 is 2.68 bits per heavy atom. The summed E-state index contributed by atoms with van der Waals surface area (Å²) in [6, 6.07) is 7.90. The van der Waals surface area contributed by atoms with Gasteiger partial charge in [-0.1, -0.05) is 0 Å². The number of nitrogens with one attached hydrogen (secondary N) is 1. The monoisotopic (exact) mass is 422 g/mol. The van der Waals surface area contributed by atoms with Gasteiger partial charge in [0.15, 0.2) is 0 Å². The Bertz CT molecular complexity index is 1110. The summed E-state index contributed by atoms with van der Waals surface area (Å²) in [4.78, 5) is 25.0. The highest BCUT2D eigenvalue weighted by molar-refractivity contribution is 5.94. The molecular formula is C23H23FN4O3. The minimum atomic E-state index is -0.330. The number of fused-ring (bicyclic) bond motifs is 2. The number of rotatable bonds is 6. The molecule has 0 aliphatic heterocycles. The highest BCUT2D eigenvalue weighted by Crippen LogP contribution is 2.59. The third kappa shape index (κ3) is 3.78. The Balaban J connectivity index is 1.17. The first kappa shape index (κ1) is 19.7. The average molecular weight is 422 g/mol. The zero-order valence-electron chi connectivity index (χ0n) is 17.3. The summed E-state index contributed by atoms with van der Waals surface area (Å²) >= 11 is 0. The van der Waals surface area contributed by atoms with Gasteiger partial charge in [-0.2, -0.15) is 0 Å². The lowest BCUT2D eigenvalue weighted by atomic mass is 10.0. The minimum Gasteiger partial charge on any atom is -0.481 e. The van der Waals surface area contributed by atoms with Crippen molar-refractivity contribution in [1.82, 2.24) is 20.3 Å². The first-order valence-electron chi connectivity index (χ1n) is 10.4. The molecule has 7 nitrogen and oxygen atoms in total. The lowest BCUT2D eigenvalue weighted by molar-refractivity contribution is 0.0929. The SMILES string of the molecule is COc1ccc(C(=O)NC(C)[C@H]2[C@@H]3C[C@@H](Oc4ncnc5cc(F)ccc45)C[C@@H]32)cn1. The number of pyridine rings is 1. The Morgan fingerprint density at radius 1 is 1.16 bits per heavy atom. The Hall–Kier alpha value is -3.29. The molecule has 2 aliphatic rings. The van der Waals surface area contributed by atoms with Crippen LogP contribution < -0.4 is 14.8 Å². The molecule has 0 radical (unpaired) electrons. The van der Waals surface area contributed by atoms with Crippen molar-refractivity contribution in [3.63, 3.8) is 0 Å². The van der Waals surface area contributed by atoms with Gasteiger partial charge in [0.25, 0.3) is 5.91 Å². The van der Waals surface area contributed by atoms with E-state index in [1.807, 2.05) is 0 Å². The molecule has 3 aromatic rings. The van der Waals surface area contributed by atoms with Crippen molar-refractivity contribution >= 4 is 16.8 Å². The molecule has 2 fully saturated rings. The zero-order chi connectivity index (χ0) is 21.5. The van der Waals surface area contributed by atoms with E-state index in [2.05, 4.69) is 27.2 Å². The van der Waals surface area contributed by atoms with Gasteiger partial charge in [-0.15, -0.1) is 0 Å². The van der Waals surface area contributed by atoms with Crippen LogP contribution in [0, 0.1) is 23.6 Å². The normalized spacial score (nSPS) is 25.0. The second-order valence-corrected chi connectivity index (χ2v) is 8.31. The molecule has 5 rings (SSSR count). The van der Waals surface area contributed by atoms with E-state index in [9.17, 15) is 9.18 Å². The van der Waals surface area contributed by atoms with Crippen LogP contribution in [0.2, 0.25) is 0 Å². The van der Waals surface area contributed by atoms with Crippen molar-refractivity contribution in [3.8, 4) is 11.8 Å². The highest BCUT2D eigenvalue weighted by Gasteiger charge is 2.58. The van der Waals surface area contributed by atoms with Crippen LogP contribution in [0.3, 0.4) is 0 Å². The summed E-state index contributed by atoms with van der Waals surface area (Å²) in [7, 11) is 1.54. The van der Waals surface area contributed by atoms with Crippen molar-refractivity contribution in [2.75, 3.05) is 7.11 Å². The predicted octanol–water partition coefficient (Wildman–Crippen LogP) is 3.39. The van der Waals surface area contributed by atoms with Gasteiger partial charge in [-0.05, 0) is 55.7 Å². The molecule has 2 aliphatic carbocycles. The molecule has 0 spiro atoms. The van der Waals surface area contributed by atoms with Gasteiger partial charge in [0.05, 0.1) is 23.6 Å². The highest BCUT2D eigenvalue weighted by atomic mass is 19.1. The first-order chi connectivity index (χ1) is 15.0. The van der Waals surface area contributed by atoms with Crippen molar-refractivity contribution in [1.29, 1.82) is 0 Å². The predicted molar refractivity (Wildman–Crippen MR) is 111 cm³/mol. The molecule has 2 aromatic heterocycles. The largest absolute Gasteiger partial charge is 0.481 e. The van der Waals surface area contributed by atoms with Crippen LogP contribution in [0.1, 0.15) is 30.1 Å². The molecule has 8 heteroatoms. The molecule has 2 saturated carbocycles. The quantitative estimate of drug-likeness (QED) is 0.655. The maximum atomic E-state index is 13.4. The molecular weight excluding hydrogens is 399 g/mol. The van der Waals surface area contributed by atoms with Crippen LogP contribution in [0.5, 0.6) is 11.8 Å². The van der Waals surface area contributed by atoms with Crippen LogP contribution in [0.4, 0.5) is 4.39 Å². The van der Waals surface area contributed by atoms with Crippen LogP contribution in [0.25, 0.3) is 10.9 Å². The van der Waals surface area contributed by atoms with Crippen molar-refractivity contribution in [3.05, 3.63) is 54.2 Å². The maximum absolute atomic E-state index is 13.4. The van der Waals surface area contributed by atoms with Gasteiger partial charge in [-0.3, -0.25) is 4.79 Å². The maximum Gasteiger partial charge on any atom is 0.253 e. The van der Waals surface area contributed by atoms with E-state index in [0.717, 1.165) is 18.2 Å². The number of hydrogen-bond donors (Lipinski definition) is 1. The van der Waals surface area contributed by atoms with Gasteiger partial charge in [0, 0.05) is 24.4 Å². The summed E-state index contributed by atoms with van der Waals surface area (Å²) in [5, 5.41) is 3.82. The molecule has 2 heterocycles. The van der Waals surface area contributed by atoms with Crippen molar-refractivity contribution in [2.24, 2.45) is 17.8 Å². The fraction of sp³-hybridized carbons (Fsp3) is 0.391. The molecule has 0 saturated heterocycles. The number of aromatic nitrogens is 3. The van der Waals surface area contributed by atoms with Gasteiger partial charge < -0.3 is 14.8 Å². The number of hydrogen-bond acceptors (Lipinski definition) is 6. The topological polar surface area (TPSA) is 86.2 Å². The van der Waals surface area contributed by atoms with E-state index in [1.54, 1.807) is 25.3 Å². The van der Waals surface area contributed by atoms with Crippen molar-refractivity contribution < 1.29 is 18.7 Å². The Labute approximate surface area is 179 Å². The number of amides is 1. The third-order valence-electron chi connectivity index (χ3n) is 6.45. The Kier molecular flexibility index (Phi) is 4.92. The smallest absolute Gasteiger partial charge is 0.253 e. The van der Waals surface area contributed by atoms with Crippen molar-refractivity contribution in [2.45, 2.75) is 31.9 Å². The molecule has 5 atom stereocenters. The molecule has 1 N–H and O–H groups in total. The number of benzene rings is 1. The molecule has 1 unspecified atom stereocenters. The van der Waals surface area contributed by atoms with E-state index in [-0.39, 0.29) is 23.9 Å². The van der Waals surface area contributed by atoms with Gasteiger partial charge in [0.2, 0.25) is 11.8 Å². The second kappa shape index (κ2) is 7.76. The summed E-state index contributed by atoms with van der Waals surface area (Å²) < 4.78 is 24.6. The van der Waals surface area contributed by atoms with E-state index in [0.29, 0.717) is 40.6 Å². The summed E-state index contributed by atoms with van der Waals surface area (Å²) in [6.45, 7) is 2.06.